The normalized spacial score (nSPS) is 10.4. The first-order chi connectivity index (χ1) is 10.6. The molecule has 0 saturated heterocycles. The van der Waals surface area contributed by atoms with E-state index in [0.717, 1.165) is 16.9 Å². The standard InChI is InChI=1S/C14H9N3O4S/c18-12(13(19)20)16-14-15-10(7-22-14)9-6-11(21-17-9)8-4-2-1-3-5-8/h1-7H,(H,19,20)(H,15,16,18). The molecule has 0 atom stereocenters. The molecule has 2 aromatic heterocycles. The lowest BCUT2D eigenvalue weighted by molar-refractivity contribution is -0.147. The fourth-order valence-electron chi connectivity index (χ4n) is 1.73. The number of nitrogens with one attached hydrogen (secondary N) is 1. The van der Waals surface area contributed by atoms with E-state index in [4.69, 9.17) is 9.63 Å². The summed E-state index contributed by atoms with van der Waals surface area (Å²) < 4.78 is 5.27. The number of amides is 1. The van der Waals surface area contributed by atoms with Crippen molar-refractivity contribution >= 4 is 28.3 Å². The second kappa shape index (κ2) is 5.78. The zero-order valence-electron chi connectivity index (χ0n) is 11.0. The van der Waals surface area contributed by atoms with Gasteiger partial charge in [0.2, 0.25) is 0 Å². The SMILES string of the molecule is O=C(O)C(=O)Nc1nc(-c2cc(-c3ccccc3)on2)cs1. The Morgan fingerprint density at radius 3 is 2.68 bits per heavy atom. The molecule has 1 amide bonds. The minimum atomic E-state index is -1.57. The second-order valence-electron chi connectivity index (χ2n) is 4.24. The van der Waals surface area contributed by atoms with Gasteiger partial charge in [-0.1, -0.05) is 35.5 Å². The number of carboxylic acid groups (broad SMARTS) is 1. The highest BCUT2D eigenvalue weighted by Crippen LogP contribution is 2.28. The van der Waals surface area contributed by atoms with Crippen LogP contribution in [-0.4, -0.2) is 27.1 Å². The topological polar surface area (TPSA) is 105 Å². The molecule has 3 rings (SSSR count). The molecule has 22 heavy (non-hydrogen) atoms. The van der Waals surface area contributed by atoms with Crippen molar-refractivity contribution in [3.8, 4) is 22.7 Å². The van der Waals surface area contributed by atoms with Gasteiger partial charge in [0.25, 0.3) is 0 Å². The maximum absolute atomic E-state index is 11.1. The van der Waals surface area contributed by atoms with Gasteiger partial charge >= 0.3 is 11.9 Å². The summed E-state index contributed by atoms with van der Waals surface area (Å²) in [6.45, 7) is 0. The van der Waals surface area contributed by atoms with E-state index in [1.165, 1.54) is 0 Å². The van der Waals surface area contributed by atoms with E-state index in [2.05, 4.69) is 15.5 Å². The van der Waals surface area contributed by atoms with Crippen molar-refractivity contribution in [1.29, 1.82) is 0 Å². The number of thiazole rings is 1. The van der Waals surface area contributed by atoms with E-state index in [9.17, 15) is 9.59 Å². The molecule has 3 aromatic rings. The number of nitrogens with zero attached hydrogens (tertiary/aromatic N) is 2. The summed E-state index contributed by atoms with van der Waals surface area (Å²) in [4.78, 5) is 25.7. The molecule has 1 aromatic carbocycles. The molecule has 2 heterocycles. The van der Waals surface area contributed by atoms with Crippen molar-refractivity contribution in [3.63, 3.8) is 0 Å². The van der Waals surface area contributed by atoms with E-state index in [0.29, 0.717) is 17.1 Å². The van der Waals surface area contributed by atoms with Crippen molar-refractivity contribution in [2.24, 2.45) is 0 Å². The van der Waals surface area contributed by atoms with Crippen molar-refractivity contribution in [2.75, 3.05) is 5.32 Å². The minimum Gasteiger partial charge on any atom is -0.474 e. The lowest BCUT2D eigenvalue weighted by Gasteiger charge is -1.94. The summed E-state index contributed by atoms with van der Waals surface area (Å²) in [6.07, 6.45) is 0. The largest absolute Gasteiger partial charge is 0.474 e. The third kappa shape index (κ3) is 2.86. The molecule has 0 aliphatic rings. The number of anilines is 1. The molecule has 0 radical (unpaired) electrons. The van der Waals surface area contributed by atoms with Crippen LogP contribution in [-0.2, 0) is 9.59 Å². The predicted molar refractivity (Wildman–Crippen MR) is 79.3 cm³/mol. The van der Waals surface area contributed by atoms with Gasteiger partial charge in [0.1, 0.15) is 11.4 Å². The Balaban J connectivity index is 1.81. The van der Waals surface area contributed by atoms with E-state index >= 15 is 0 Å². The Hall–Kier alpha value is -3.00. The quantitative estimate of drug-likeness (QED) is 0.719. The third-order valence-electron chi connectivity index (χ3n) is 2.75. The fourth-order valence-corrected chi connectivity index (χ4v) is 2.43. The lowest BCUT2D eigenvalue weighted by Crippen LogP contribution is -2.21. The Morgan fingerprint density at radius 1 is 1.18 bits per heavy atom. The third-order valence-corrected chi connectivity index (χ3v) is 3.51. The maximum Gasteiger partial charge on any atom is 0.394 e. The first kappa shape index (κ1) is 14.0. The van der Waals surface area contributed by atoms with E-state index < -0.39 is 11.9 Å². The van der Waals surface area contributed by atoms with Gasteiger partial charge in [-0.15, -0.1) is 11.3 Å². The molecular formula is C14H9N3O4S. The van der Waals surface area contributed by atoms with Crippen LogP contribution >= 0.6 is 11.3 Å². The average molecular weight is 315 g/mol. The molecule has 8 heteroatoms. The van der Waals surface area contributed by atoms with E-state index in [1.807, 2.05) is 30.3 Å². The zero-order chi connectivity index (χ0) is 15.5. The van der Waals surface area contributed by atoms with E-state index in [1.54, 1.807) is 11.4 Å². The van der Waals surface area contributed by atoms with Crippen LogP contribution in [0.2, 0.25) is 0 Å². The van der Waals surface area contributed by atoms with Crippen LogP contribution in [0.15, 0.2) is 46.3 Å². The van der Waals surface area contributed by atoms with E-state index in [-0.39, 0.29) is 5.13 Å². The van der Waals surface area contributed by atoms with Crippen molar-refractivity contribution in [3.05, 3.63) is 41.8 Å². The van der Waals surface area contributed by atoms with Crippen LogP contribution in [0, 0.1) is 0 Å². The Labute approximate surface area is 128 Å². The number of carboxylic acids is 1. The molecule has 0 aliphatic carbocycles. The number of hydrogen-bond acceptors (Lipinski definition) is 6. The summed E-state index contributed by atoms with van der Waals surface area (Å²) >= 11 is 1.11. The van der Waals surface area contributed by atoms with Gasteiger partial charge in [-0.25, -0.2) is 9.78 Å². The van der Waals surface area contributed by atoms with Crippen molar-refractivity contribution in [1.82, 2.24) is 10.1 Å². The molecule has 0 fully saturated rings. The van der Waals surface area contributed by atoms with Crippen LogP contribution < -0.4 is 5.32 Å². The molecule has 0 saturated carbocycles. The first-order valence-electron chi connectivity index (χ1n) is 6.16. The Morgan fingerprint density at radius 2 is 1.95 bits per heavy atom. The number of aliphatic carboxylic acids is 1. The molecule has 2 N–H and O–H groups in total. The molecule has 0 aliphatic heterocycles. The summed E-state index contributed by atoms with van der Waals surface area (Å²) in [5.41, 5.74) is 1.89. The number of benzene rings is 1. The first-order valence-corrected chi connectivity index (χ1v) is 7.04. The molecular weight excluding hydrogens is 306 g/mol. The summed E-state index contributed by atoms with van der Waals surface area (Å²) in [5.74, 6) is -2.10. The Bertz CT molecular complexity index is 825. The van der Waals surface area contributed by atoms with Crippen LogP contribution in [0.5, 0.6) is 0 Å². The van der Waals surface area contributed by atoms with Crippen molar-refractivity contribution < 1.29 is 19.2 Å². The number of carbonyl (C=O) groups excluding carboxylic acids is 1. The molecule has 0 unspecified atom stereocenters. The van der Waals surface area contributed by atoms with Gasteiger partial charge in [0, 0.05) is 17.0 Å². The summed E-state index contributed by atoms with van der Waals surface area (Å²) in [7, 11) is 0. The summed E-state index contributed by atoms with van der Waals surface area (Å²) in [6, 6.07) is 11.2. The Kier molecular flexibility index (Phi) is 3.67. The van der Waals surface area contributed by atoms with Gasteiger partial charge in [-0.2, -0.15) is 0 Å². The smallest absolute Gasteiger partial charge is 0.394 e. The van der Waals surface area contributed by atoms with Crippen LogP contribution in [0.3, 0.4) is 0 Å². The molecule has 110 valence electrons. The van der Waals surface area contributed by atoms with Gasteiger partial charge in [0.05, 0.1) is 0 Å². The molecule has 0 bridgehead atoms. The van der Waals surface area contributed by atoms with Gasteiger partial charge in [-0.3, -0.25) is 10.1 Å². The minimum absolute atomic E-state index is 0.187. The van der Waals surface area contributed by atoms with Gasteiger partial charge in [-0.05, 0) is 0 Å². The number of hydrogen-bond donors (Lipinski definition) is 2. The highest BCUT2D eigenvalue weighted by Gasteiger charge is 2.15. The van der Waals surface area contributed by atoms with Crippen LogP contribution in [0.4, 0.5) is 5.13 Å². The number of rotatable bonds is 3. The van der Waals surface area contributed by atoms with Gasteiger partial charge in [0.15, 0.2) is 10.9 Å². The van der Waals surface area contributed by atoms with Crippen LogP contribution in [0.25, 0.3) is 22.7 Å². The van der Waals surface area contributed by atoms with Crippen LogP contribution in [0.1, 0.15) is 0 Å². The summed E-state index contributed by atoms with van der Waals surface area (Å²) in [5, 5.41) is 16.5. The monoisotopic (exact) mass is 315 g/mol. The molecule has 7 nitrogen and oxygen atoms in total. The number of aromatic nitrogens is 2. The number of carbonyl (C=O) groups is 2. The van der Waals surface area contributed by atoms with Crippen molar-refractivity contribution in [2.45, 2.75) is 0 Å². The predicted octanol–water partition coefficient (Wildman–Crippen LogP) is 2.49. The highest BCUT2D eigenvalue weighted by atomic mass is 32.1. The fraction of sp³-hybridized carbons (Fsp3) is 0. The molecule has 0 spiro atoms. The van der Waals surface area contributed by atoms with Gasteiger partial charge < -0.3 is 9.63 Å². The lowest BCUT2D eigenvalue weighted by atomic mass is 10.1. The average Bonchev–Trinajstić information content (AvgIpc) is 3.16. The maximum atomic E-state index is 11.1. The zero-order valence-corrected chi connectivity index (χ0v) is 11.8. The highest BCUT2D eigenvalue weighted by molar-refractivity contribution is 7.14. The second-order valence-corrected chi connectivity index (χ2v) is 5.10.